The average molecular weight is 283 g/mol. The Labute approximate surface area is 126 Å². The molecule has 21 heavy (non-hydrogen) atoms. The molecule has 2 aromatic rings. The van der Waals surface area contributed by atoms with Gasteiger partial charge in [-0.25, -0.2) is 4.98 Å². The SMILES string of the molecule is CN(Cc1c(C2CC2)[nH]c2ncccc12)C1CCCCC1. The van der Waals surface area contributed by atoms with E-state index in [-0.39, 0.29) is 0 Å². The number of nitrogens with one attached hydrogen (secondary N) is 1. The summed E-state index contributed by atoms with van der Waals surface area (Å²) < 4.78 is 0. The van der Waals surface area contributed by atoms with Gasteiger partial charge in [-0.15, -0.1) is 0 Å². The Morgan fingerprint density at radius 2 is 2.00 bits per heavy atom. The van der Waals surface area contributed by atoms with Gasteiger partial charge < -0.3 is 4.98 Å². The summed E-state index contributed by atoms with van der Waals surface area (Å²) in [5, 5.41) is 1.34. The van der Waals surface area contributed by atoms with Crippen LogP contribution in [0.25, 0.3) is 11.0 Å². The molecule has 0 atom stereocenters. The first kappa shape index (κ1) is 13.3. The van der Waals surface area contributed by atoms with Gasteiger partial charge in [0, 0.05) is 29.9 Å². The van der Waals surface area contributed by atoms with Gasteiger partial charge in [-0.2, -0.15) is 0 Å². The Balaban J connectivity index is 1.63. The molecule has 1 N–H and O–H groups in total. The zero-order chi connectivity index (χ0) is 14.2. The summed E-state index contributed by atoms with van der Waals surface area (Å²) in [7, 11) is 2.31. The predicted molar refractivity (Wildman–Crippen MR) is 86.4 cm³/mol. The van der Waals surface area contributed by atoms with Gasteiger partial charge in [-0.05, 0) is 56.3 Å². The molecule has 2 fully saturated rings. The zero-order valence-corrected chi connectivity index (χ0v) is 12.9. The van der Waals surface area contributed by atoms with Crippen molar-refractivity contribution in [3.8, 4) is 0 Å². The predicted octanol–water partition coefficient (Wildman–Crippen LogP) is 4.20. The minimum Gasteiger partial charge on any atom is -0.343 e. The number of aromatic nitrogens is 2. The van der Waals surface area contributed by atoms with Gasteiger partial charge >= 0.3 is 0 Å². The maximum Gasteiger partial charge on any atom is 0.137 e. The largest absolute Gasteiger partial charge is 0.343 e. The van der Waals surface area contributed by atoms with Crippen LogP contribution >= 0.6 is 0 Å². The molecule has 0 saturated heterocycles. The van der Waals surface area contributed by atoms with Gasteiger partial charge in [-0.3, -0.25) is 4.90 Å². The molecule has 3 nitrogen and oxygen atoms in total. The highest BCUT2D eigenvalue weighted by Gasteiger charge is 2.30. The first-order valence-electron chi connectivity index (χ1n) is 8.48. The second-order valence-corrected chi connectivity index (χ2v) is 6.90. The molecule has 0 aromatic carbocycles. The maximum atomic E-state index is 4.52. The van der Waals surface area contributed by atoms with Crippen molar-refractivity contribution in [2.45, 2.75) is 63.5 Å². The van der Waals surface area contributed by atoms with Gasteiger partial charge in [0.25, 0.3) is 0 Å². The van der Waals surface area contributed by atoms with E-state index >= 15 is 0 Å². The number of fused-ring (bicyclic) bond motifs is 1. The molecule has 0 amide bonds. The van der Waals surface area contributed by atoms with E-state index in [1.165, 1.54) is 61.6 Å². The summed E-state index contributed by atoms with van der Waals surface area (Å²) in [4.78, 5) is 10.7. The molecule has 112 valence electrons. The molecule has 0 radical (unpaired) electrons. The van der Waals surface area contributed by atoms with Crippen LogP contribution in [0.3, 0.4) is 0 Å². The number of nitrogens with zero attached hydrogens (tertiary/aromatic N) is 2. The molecule has 0 bridgehead atoms. The molecule has 3 heteroatoms. The second kappa shape index (κ2) is 5.45. The average Bonchev–Trinajstić information content (AvgIpc) is 3.32. The fraction of sp³-hybridized carbons (Fsp3) is 0.611. The molecular formula is C18H25N3. The number of pyridine rings is 1. The molecule has 2 aliphatic carbocycles. The molecule has 2 saturated carbocycles. The number of aromatic amines is 1. The van der Waals surface area contributed by atoms with Crippen molar-refractivity contribution in [2.75, 3.05) is 7.05 Å². The van der Waals surface area contributed by atoms with Gasteiger partial charge in [-0.1, -0.05) is 19.3 Å². The summed E-state index contributed by atoms with van der Waals surface area (Å²) in [6.07, 6.45) is 11.5. The van der Waals surface area contributed by atoms with E-state index in [0.717, 1.165) is 24.2 Å². The van der Waals surface area contributed by atoms with Gasteiger partial charge in [0.05, 0.1) is 0 Å². The van der Waals surface area contributed by atoms with Crippen molar-refractivity contribution in [2.24, 2.45) is 0 Å². The summed E-state index contributed by atoms with van der Waals surface area (Å²) >= 11 is 0. The smallest absolute Gasteiger partial charge is 0.137 e. The van der Waals surface area contributed by atoms with Gasteiger partial charge in [0.2, 0.25) is 0 Å². The van der Waals surface area contributed by atoms with E-state index in [1.54, 1.807) is 0 Å². The van der Waals surface area contributed by atoms with E-state index in [0.29, 0.717) is 0 Å². The van der Waals surface area contributed by atoms with Crippen molar-refractivity contribution in [3.63, 3.8) is 0 Å². The highest BCUT2D eigenvalue weighted by atomic mass is 15.1. The van der Waals surface area contributed by atoms with Crippen LogP contribution < -0.4 is 0 Å². The van der Waals surface area contributed by atoms with Crippen molar-refractivity contribution in [1.29, 1.82) is 0 Å². The lowest BCUT2D eigenvalue weighted by Crippen LogP contribution is -2.33. The summed E-state index contributed by atoms with van der Waals surface area (Å²) in [5.74, 6) is 0.758. The molecule has 2 aliphatic rings. The number of hydrogen-bond donors (Lipinski definition) is 1. The molecule has 0 spiro atoms. The normalized spacial score (nSPS) is 20.5. The van der Waals surface area contributed by atoms with Crippen LogP contribution in [0.1, 0.15) is 62.1 Å². The Bertz CT molecular complexity index is 620. The molecule has 0 aliphatic heterocycles. The number of H-pyrrole nitrogens is 1. The van der Waals surface area contributed by atoms with E-state index in [1.807, 2.05) is 6.20 Å². The quantitative estimate of drug-likeness (QED) is 0.911. The number of rotatable bonds is 4. The Kier molecular flexibility index (Phi) is 3.46. The molecule has 4 rings (SSSR count). The van der Waals surface area contributed by atoms with Crippen LogP contribution in [0, 0.1) is 0 Å². The van der Waals surface area contributed by atoms with Crippen LogP contribution in [-0.2, 0) is 6.54 Å². The third kappa shape index (κ3) is 2.59. The van der Waals surface area contributed by atoms with Crippen molar-refractivity contribution in [1.82, 2.24) is 14.9 Å². The zero-order valence-electron chi connectivity index (χ0n) is 12.9. The molecule has 2 aromatic heterocycles. The Morgan fingerprint density at radius 3 is 2.76 bits per heavy atom. The Morgan fingerprint density at radius 1 is 1.19 bits per heavy atom. The minimum absolute atomic E-state index is 0.758. The third-order valence-corrected chi connectivity index (χ3v) is 5.30. The first-order chi connectivity index (χ1) is 10.3. The topological polar surface area (TPSA) is 31.9 Å². The van der Waals surface area contributed by atoms with Crippen molar-refractivity contribution >= 4 is 11.0 Å². The summed E-state index contributed by atoms with van der Waals surface area (Å²) in [5.41, 5.74) is 4.05. The fourth-order valence-corrected chi connectivity index (χ4v) is 3.89. The standard InChI is InChI=1S/C18H25N3/c1-21(14-6-3-2-4-7-14)12-16-15-8-5-11-19-18(15)20-17(16)13-9-10-13/h5,8,11,13-14H,2-4,6-7,9-10,12H2,1H3,(H,19,20). The van der Waals surface area contributed by atoms with Gasteiger partial charge in [0.1, 0.15) is 5.65 Å². The number of hydrogen-bond acceptors (Lipinski definition) is 2. The van der Waals surface area contributed by atoms with Crippen molar-refractivity contribution in [3.05, 3.63) is 29.6 Å². The minimum atomic E-state index is 0.758. The van der Waals surface area contributed by atoms with Crippen LogP contribution in [0.2, 0.25) is 0 Å². The lowest BCUT2D eigenvalue weighted by molar-refractivity contribution is 0.184. The lowest BCUT2D eigenvalue weighted by Gasteiger charge is -2.31. The maximum absolute atomic E-state index is 4.52. The Hall–Kier alpha value is -1.35. The van der Waals surface area contributed by atoms with Crippen LogP contribution in [0.5, 0.6) is 0 Å². The van der Waals surface area contributed by atoms with Gasteiger partial charge in [0.15, 0.2) is 0 Å². The third-order valence-electron chi connectivity index (χ3n) is 5.30. The van der Waals surface area contributed by atoms with E-state index in [9.17, 15) is 0 Å². The molecular weight excluding hydrogens is 258 g/mol. The molecule has 0 unspecified atom stereocenters. The first-order valence-corrected chi connectivity index (χ1v) is 8.48. The van der Waals surface area contributed by atoms with E-state index in [2.05, 4.69) is 34.0 Å². The van der Waals surface area contributed by atoms with Crippen LogP contribution in [0.4, 0.5) is 0 Å². The van der Waals surface area contributed by atoms with Crippen LogP contribution in [-0.4, -0.2) is 28.0 Å². The summed E-state index contributed by atoms with van der Waals surface area (Å²) in [6.45, 7) is 1.07. The highest BCUT2D eigenvalue weighted by molar-refractivity contribution is 5.81. The molecule has 2 heterocycles. The van der Waals surface area contributed by atoms with E-state index in [4.69, 9.17) is 0 Å². The van der Waals surface area contributed by atoms with E-state index < -0.39 is 0 Å². The van der Waals surface area contributed by atoms with Crippen molar-refractivity contribution < 1.29 is 0 Å². The lowest BCUT2D eigenvalue weighted by atomic mass is 9.94. The second-order valence-electron chi connectivity index (χ2n) is 6.90. The van der Waals surface area contributed by atoms with Crippen LogP contribution in [0.15, 0.2) is 18.3 Å². The fourth-order valence-electron chi connectivity index (χ4n) is 3.89. The summed E-state index contributed by atoms with van der Waals surface area (Å²) in [6, 6.07) is 5.07. The highest BCUT2D eigenvalue weighted by Crippen LogP contribution is 2.43. The monoisotopic (exact) mass is 283 g/mol.